The summed E-state index contributed by atoms with van der Waals surface area (Å²) in [5.74, 6) is 0. The zero-order chi connectivity index (χ0) is 9.00. The maximum Gasteiger partial charge on any atom is 1.00 e. The van der Waals surface area contributed by atoms with Crippen molar-refractivity contribution in [2.45, 2.75) is 0 Å². The molecule has 0 aromatic rings. The molecule has 20 heavy (non-hydrogen) atoms. The average molecular weight is 388 g/mol. The Morgan fingerprint density at radius 1 is 0.550 bits per heavy atom. The predicted octanol–water partition coefficient (Wildman–Crippen LogP) is -18.5. The van der Waals surface area contributed by atoms with Crippen molar-refractivity contribution in [1.29, 1.82) is 0 Å². The first kappa shape index (κ1) is 92.3. The fraction of sp³-hybridized carbons (Fsp3) is 0. The van der Waals surface area contributed by atoms with E-state index in [-0.39, 0.29) is 127 Å². The Morgan fingerprint density at radius 3 is 0.550 bits per heavy atom. The van der Waals surface area contributed by atoms with Gasteiger partial charge in [0.2, 0.25) is 0 Å². The summed E-state index contributed by atoms with van der Waals surface area (Å²) in [4.78, 5) is 47.2. The van der Waals surface area contributed by atoms with Gasteiger partial charge in [-0.05, 0) is 0 Å². The standard InChI is InChI=1S/3Na.2H3O4P.7H2O/c;;;2*1-5(2,3)4;;;;;;;/h;;;2*(H3,1,2,3,4);7*1H2/q3*+1;;;;;;;;;/p-3. The molecule has 0 aromatic carbocycles. The molecule has 0 bridgehead atoms. The van der Waals surface area contributed by atoms with Gasteiger partial charge in [0.25, 0.3) is 7.82 Å². The molecule has 0 unspecified atom stereocenters. The monoisotopic (exact) mass is 388 g/mol. The van der Waals surface area contributed by atoms with Crippen molar-refractivity contribution >= 4 is 15.6 Å². The second kappa shape index (κ2) is 43.1. The van der Waals surface area contributed by atoms with E-state index in [9.17, 15) is 0 Å². The summed E-state index contributed by atoms with van der Waals surface area (Å²) in [5.41, 5.74) is 0. The summed E-state index contributed by atoms with van der Waals surface area (Å²) in [6, 6.07) is 0. The Kier molecular flexibility index (Phi) is 199. The van der Waals surface area contributed by atoms with E-state index in [2.05, 4.69) is 0 Å². The van der Waals surface area contributed by atoms with Crippen LogP contribution in [0.2, 0.25) is 0 Å². The summed E-state index contributed by atoms with van der Waals surface area (Å²) in [6.45, 7) is 0. The van der Waals surface area contributed by atoms with E-state index in [1.54, 1.807) is 0 Å². The van der Waals surface area contributed by atoms with Crippen molar-refractivity contribution in [2.75, 3.05) is 0 Å². The molecule has 0 spiro atoms. The molecule has 20 heteroatoms. The van der Waals surface area contributed by atoms with Gasteiger partial charge in [-0.2, -0.15) is 0 Å². The van der Waals surface area contributed by atoms with E-state index in [4.69, 9.17) is 38.5 Å². The van der Waals surface area contributed by atoms with Crippen LogP contribution in [0.1, 0.15) is 0 Å². The van der Waals surface area contributed by atoms with E-state index in [1.165, 1.54) is 0 Å². The minimum Gasteiger partial charge on any atom is -0.790 e. The first-order valence-electron chi connectivity index (χ1n) is 1.51. The van der Waals surface area contributed by atoms with Crippen LogP contribution in [0.3, 0.4) is 0 Å². The molecule has 0 aromatic heterocycles. The Balaban J connectivity index is -0.00000000427. The van der Waals surface area contributed by atoms with Gasteiger partial charge in [-0.15, -0.1) is 0 Å². The van der Waals surface area contributed by atoms with Crippen LogP contribution >= 0.6 is 15.6 Å². The van der Waals surface area contributed by atoms with Gasteiger partial charge in [-0.25, -0.2) is 0 Å². The van der Waals surface area contributed by atoms with Crippen LogP contribution in [0.15, 0.2) is 0 Å². The summed E-state index contributed by atoms with van der Waals surface area (Å²) >= 11 is 0. The van der Waals surface area contributed by atoms with Crippen molar-refractivity contribution in [2.24, 2.45) is 0 Å². The van der Waals surface area contributed by atoms with Crippen LogP contribution in [0.25, 0.3) is 0 Å². The van der Waals surface area contributed by atoms with Gasteiger partial charge >= 0.3 is 88.7 Å². The fourth-order valence-corrected chi connectivity index (χ4v) is 0. The normalized spacial score (nSPS) is 5.90. The third kappa shape index (κ3) is 963. The Labute approximate surface area is 179 Å². The summed E-state index contributed by atoms with van der Waals surface area (Å²) < 4.78 is 17.4. The molecule has 15 nitrogen and oxygen atoms in total. The molecule has 0 fully saturated rings. The van der Waals surface area contributed by atoms with Gasteiger partial charge in [-0.1, -0.05) is 0 Å². The molecule has 0 heterocycles. The zero-order valence-corrected chi connectivity index (χ0v) is 18.6. The second-order valence-corrected chi connectivity index (χ2v) is 2.88. The van der Waals surface area contributed by atoms with E-state index in [0.717, 1.165) is 0 Å². The first-order chi connectivity index (χ1) is 4.00. The molecule has 17 N–H and O–H groups in total. The molecule has 0 saturated heterocycles. The molecule has 0 rings (SSSR count). The first-order valence-corrected chi connectivity index (χ1v) is 4.54. The molecule has 0 aliphatic rings. The van der Waals surface area contributed by atoms with Gasteiger partial charge in [0, 0.05) is 0 Å². The molecule has 0 saturated carbocycles. The number of phosphoric acid groups is 2. The summed E-state index contributed by atoms with van der Waals surface area (Å²) in [7, 11) is -10.0. The molecule has 0 amide bonds. The number of hydrogen-bond acceptors (Lipinski definition) is 5. The van der Waals surface area contributed by atoms with E-state index < -0.39 is 15.6 Å². The smallest absolute Gasteiger partial charge is 0.790 e. The maximum absolute atomic E-state index is 8.77. The molecular weight excluding hydrogens is 371 g/mol. The van der Waals surface area contributed by atoms with Gasteiger partial charge in [-0.3, -0.25) is 4.57 Å². The van der Waals surface area contributed by atoms with E-state index in [1.807, 2.05) is 0 Å². The number of hydrogen-bond donors (Lipinski definition) is 3. The molecule has 0 aliphatic heterocycles. The summed E-state index contributed by atoms with van der Waals surface area (Å²) in [6.07, 6.45) is 0. The van der Waals surface area contributed by atoms with Crippen molar-refractivity contribution < 1.29 is 165 Å². The largest absolute Gasteiger partial charge is 1.00 e. The van der Waals surface area contributed by atoms with Crippen LogP contribution in [-0.2, 0) is 9.13 Å². The van der Waals surface area contributed by atoms with Crippen LogP contribution in [-0.4, -0.2) is 53.0 Å². The predicted molar refractivity (Wildman–Crippen MR) is 47.2 cm³/mol. The van der Waals surface area contributed by atoms with Crippen LogP contribution in [0.4, 0.5) is 0 Å². The minimum atomic E-state index is -5.14. The third-order valence-corrected chi connectivity index (χ3v) is 0. The fourth-order valence-electron chi connectivity index (χ4n) is 0. The molecular formula is H17Na3O15P2. The van der Waals surface area contributed by atoms with Crippen molar-refractivity contribution in [1.82, 2.24) is 0 Å². The van der Waals surface area contributed by atoms with Gasteiger partial charge < -0.3 is 72.3 Å². The van der Waals surface area contributed by atoms with Crippen LogP contribution < -0.4 is 103 Å². The van der Waals surface area contributed by atoms with Gasteiger partial charge in [0.05, 0.1) is 7.82 Å². The topological polar surface area (TPSA) is 385 Å². The van der Waals surface area contributed by atoms with Crippen molar-refractivity contribution in [3.63, 3.8) is 0 Å². The van der Waals surface area contributed by atoms with Crippen LogP contribution in [0.5, 0.6) is 0 Å². The Bertz CT molecular complexity index is 133. The third-order valence-electron chi connectivity index (χ3n) is 0. The Hall–Kier alpha value is 2.94. The van der Waals surface area contributed by atoms with E-state index in [0.29, 0.717) is 0 Å². The maximum atomic E-state index is 8.77. The van der Waals surface area contributed by atoms with Crippen molar-refractivity contribution in [3.8, 4) is 0 Å². The number of rotatable bonds is 0. The Morgan fingerprint density at radius 2 is 0.550 bits per heavy atom. The zero-order valence-electron chi connectivity index (χ0n) is 10.8. The second-order valence-electron chi connectivity index (χ2n) is 0.959. The van der Waals surface area contributed by atoms with Gasteiger partial charge in [0.15, 0.2) is 0 Å². The average Bonchev–Trinajstić information content (AvgIpc) is 1.12. The van der Waals surface area contributed by atoms with Crippen molar-refractivity contribution in [3.05, 3.63) is 0 Å². The van der Waals surface area contributed by atoms with Crippen LogP contribution in [0, 0.1) is 0 Å². The van der Waals surface area contributed by atoms with Gasteiger partial charge in [0.1, 0.15) is 0 Å². The minimum absolute atomic E-state index is 0. The SMILES string of the molecule is O.O.O.O.O.O.O.O=P([O-])(O)O.O=P([O-])([O-])O.[Na+].[Na+].[Na+]. The quantitative estimate of drug-likeness (QED) is 0.263. The molecule has 0 atom stereocenters. The summed E-state index contributed by atoms with van der Waals surface area (Å²) in [5, 5.41) is 0. The molecule has 0 radical (unpaired) electrons. The molecule has 120 valence electrons. The molecule has 0 aliphatic carbocycles. The van der Waals surface area contributed by atoms with E-state index >= 15 is 0 Å².